The maximum atomic E-state index is 4.61. The predicted octanol–water partition coefficient (Wildman–Crippen LogP) is 3.52. The molecule has 2 aromatic carbocycles. The SMILES string of the molecule is CC(C)NCc1ccn(-c2ccc3ccccc3c2)n1. The summed E-state index contributed by atoms with van der Waals surface area (Å²) in [5, 5.41) is 10.5. The average molecular weight is 265 g/mol. The van der Waals surface area contributed by atoms with E-state index in [-0.39, 0.29) is 0 Å². The maximum Gasteiger partial charge on any atom is 0.0766 e. The zero-order valence-electron chi connectivity index (χ0n) is 11.9. The van der Waals surface area contributed by atoms with Gasteiger partial charge in [0, 0.05) is 18.8 Å². The number of aromatic nitrogens is 2. The Morgan fingerprint density at radius 3 is 2.65 bits per heavy atom. The predicted molar refractivity (Wildman–Crippen MR) is 83.0 cm³/mol. The van der Waals surface area contributed by atoms with Crippen LogP contribution in [0.1, 0.15) is 19.5 Å². The Balaban J connectivity index is 1.87. The second-order valence-corrected chi connectivity index (χ2v) is 5.32. The van der Waals surface area contributed by atoms with Crippen LogP contribution < -0.4 is 5.32 Å². The molecule has 0 atom stereocenters. The Kier molecular flexibility index (Phi) is 3.52. The van der Waals surface area contributed by atoms with Gasteiger partial charge in [-0.15, -0.1) is 0 Å². The van der Waals surface area contributed by atoms with Gasteiger partial charge in [0.25, 0.3) is 0 Å². The molecule has 3 nitrogen and oxygen atoms in total. The number of hydrogen-bond donors (Lipinski definition) is 1. The van der Waals surface area contributed by atoms with Gasteiger partial charge in [-0.05, 0) is 29.0 Å². The summed E-state index contributed by atoms with van der Waals surface area (Å²) in [4.78, 5) is 0. The molecular formula is C17H19N3. The first-order chi connectivity index (χ1) is 9.72. The summed E-state index contributed by atoms with van der Waals surface area (Å²) in [7, 11) is 0. The molecule has 0 aliphatic rings. The molecule has 0 saturated carbocycles. The quantitative estimate of drug-likeness (QED) is 0.782. The fourth-order valence-corrected chi connectivity index (χ4v) is 2.23. The molecule has 0 fully saturated rings. The van der Waals surface area contributed by atoms with Crippen molar-refractivity contribution in [2.75, 3.05) is 0 Å². The van der Waals surface area contributed by atoms with Crippen LogP contribution in [0.15, 0.2) is 54.7 Å². The minimum absolute atomic E-state index is 0.473. The molecule has 20 heavy (non-hydrogen) atoms. The van der Waals surface area contributed by atoms with Crippen LogP contribution in [-0.2, 0) is 6.54 Å². The van der Waals surface area contributed by atoms with Gasteiger partial charge in [-0.25, -0.2) is 4.68 Å². The van der Waals surface area contributed by atoms with Crippen LogP contribution in [0.4, 0.5) is 0 Å². The van der Waals surface area contributed by atoms with E-state index in [1.807, 2.05) is 10.9 Å². The molecule has 1 aromatic heterocycles. The highest BCUT2D eigenvalue weighted by Gasteiger charge is 2.03. The number of benzene rings is 2. The monoisotopic (exact) mass is 265 g/mol. The number of fused-ring (bicyclic) bond motifs is 1. The molecule has 0 unspecified atom stereocenters. The molecule has 102 valence electrons. The molecule has 0 aliphatic carbocycles. The van der Waals surface area contributed by atoms with E-state index in [0.29, 0.717) is 6.04 Å². The second-order valence-electron chi connectivity index (χ2n) is 5.32. The molecule has 1 heterocycles. The zero-order valence-corrected chi connectivity index (χ0v) is 11.9. The molecule has 3 aromatic rings. The van der Waals surface area contributed by atoms with E-state index in [0.717, 1.165) is 17.9 Å². The summed E-state index contributed by atoms with van der Waals surface area (Å²) in [6.07, 6.45) is 2.02. The first kappa shape index (κ1) is 12.9. The topological polar surface area (TPSA) is 29.9 Å². The summed E-state index contributed by atoms with van der Waals surface area (Å²) in [5.41, 5.74) is 2.16. The molecule has 0 amide bonds. The lowest BCUT2D eigenvalue weighted by Gasteiger charge is -2.06. The summed E-state index contributed by atoms with van der Waals surface area (Å²) in [6.45, 7) is 5.08. The Labute approximate surface area is 119 Å². The van der Waals surface area contributed by atoms with Gasteiger partial charge in [0.05, 0.1) is 11.4 Å². The molecular weight excluding hydrogens is 246 g/mol. The van der Waals surface area contributed by atoms with E-state index >= 15 is 0 Å². The lowest BCUT2D eigenvalue weighted by Crippen LogP contribution is -2.22. The zero-order chi connectivity index (χ0) is 13.9. The van der Waals surface area contributed by atoms with Crippen LogP contribution in [-0.4, -0.2) is 15.8 Å². The molecule has 0 bridgehead atoms. The van der Waals surface area contributed by atoms with E-state index < -0.39 is 0 Å². The van der Waals surface area contributed by atoms with E-state index in [2.05, 4.69) is 72.8 Å². The van der Waals surface area contributed by atoms with Crippen molar-refractivity contribution in [3.8, 4) is 5.69 Å². The third kappa shape index (κ3) is 2.73. The number of rotatable bonds is 4. The van der Waals surface area contributed by atoms with Gasteiger partial charge in [-0.1, -0.05) is 44.2 Å². The minimum atomic E-state index is 0.473. The fraction of sp³-hybridized carbons (Fsp3) is 0.235. The highest BCUT2D eigenvalue weighted by Crippen LogP contribution is 2.18. The highest BCUT2D eigenvalue weighted by atomic mass is 15.3. The van der Waals surface area contributed by atoms with Crippen molar-refractivity contribution in [2.45, 2.75) is 26.4 Å². The van der Waals surface area contributed by atoms with Crippen molar-refractivity contribution < 1.29 is 0 Å². The molecule has 1 N–H and O–H groups in total. The van der Waals surface area contributed by atoms with Gasteiger partial charge in [0.2, 0.25) is 0 Å². The average Bonchev–Trinajstić information content (AvgIpc) is 2.93. The largest absolute Gasteiger partial charge is 0.309 e. The molecule has 0 aliphatic heterocycles. The first-order valence-electron chi connectivity index (χ1n) is 6.99. The normalized spacial score (nSPS) is 11.3. The third-order valence-corrected chi connectivity index (χ3v) is 3.33. The second kappa shape index (κ2) is 5.47. The van der Waals surface area contributed by atoms with Crippen LogP contribution in [0.5, 0.6) is 0 Å². The number of nitrogens with one attached hydrogen (secondary N) is 1. The molecule has 0 saturated heterocycles. The van der Waals surface area contributed by atoms with Crippen LogP contribution in [0.25, 0.3) is 16.5 Å². The summed E-state index contributed by atoms with van der Waals surface area (Å²) in [5.74, 6) is 0. The van der Waals surface area contributed by atoms with Crippen molar-refractivity contribution in [3.63, 3.8) is 0 Å². The van der Waals surface area contributed by atoms with Gasteiger partial charge >= 0.3 is 0 Å². The summed E-state index contributed by atoms with van der Waals surface area (Å²) < 4.78 is 1.93. The fourth-order valence-electron chi connectivity index (χ4n) is 2.23. The summed E-state index contributed by atoms with van der Waals surface area (Å²) >= 11 is 0. The molecule has 0 spiro atoms. The van der Waals surface area contributed by atoms with Crippen molar-refractivity contribution in [1.82, 2.24) is 15.1 Å². The molecule has 0 radical (unpaired) electrons. The van der Waals surface area contributed by atoms with Crippen molar-refractivity contribution >= 4 is 10.8 Å². The lowest BCUT2D eigenvalue weighted by molar-refractivity contribution is 0.578. The van der Waals surface area contributed by atoms with Crippen LogP contribution in [0.2, 0.25) is 0 Å². The van der Waals surface area contributed by atoms with Crippen LogP contribution >= 0.6 is 0 Å². The first-order valence-corrected chi connectivity index (χ1v) is 6.99. The van der Waals surface area contributed by atoms with Gasteiger partial charge < -0.3 is 5.32 Å². The maximum absolute atomic E-state index is 4.61. The van der Waals surface area contributed by atoms with E-state index in [1.165, 1.54) is 10.8 Å². The Morgan fingerprint density at radius 2 is 1.85 bits per heavy atom. The Bertz CT molecular complexity index is 713. The number of hydrogen-bond acceptors (Lipinski definition) is 2. The highest BCUT2D eigenvalue weighted by molar-refractivity contribution is 5.84. The standard InChI is InChI=1S/C17H19N3/c1-13(2)18-12-16-9-10-20(19-16)17-8-7-14-5-3-4-6-15(14)11-17/h3-11,13,18H,12H2,1-2H3. The Morgan fingerprint density at radius 1 is 1.05 bits per heavy atom. The third-order valence-electron chi connectivity index (χ3n) is 3.33. The minimum Gasteiger partial charge on any atom is -0.309 e. The number of nitrogens with zero attached hydrogens (tertiary/aromatic N) is 2. The van der Waals surface area contributed by atoms with E-state index in [9.17, 15) is 0 Å². The van der Waals surface area contributed by atoms with Crippen molar-refractivity contribution in [3.05, 3.63) is 60.4 Å². The lowest BCUT2D eigenvalue weighted by atomic mass is 10.1. The van der Waals surface area contributed by atoms with E-state index in [1.54, 1.807) is 0 Å². The summed E-state index contributed by atoms with van der Waals surface area (Å²) in [6, 6.07) is 17.3. The van der Waals surface area contributed by atoms with E-state index in [4.69, 9.17) is 0 Å². The molecule has 3 heteroatoms. The van der Waals surface area contributed by atoms with Crippen LogP contribution in [0.3, 0.4) is 0 Å². The van der Waals surface area contributed by atoms with Crippen LogP contribution in [0, 0.1) is 0 Å². The van der Waals surface area contributed by atoms with Gasteiger partial charge in [0.1, 0.15) is 0 Å². The van der Waals surface area contributed by atoms with Gasteiger partial charge in [-0.3, -0.25) is 0 Å². The molecule has 3 rings (SSSR count). The van der Waals surface area contributed by atoms with Crippen molar-refractivity contribution in [2.24, 2.45) is 0 Å². The van der Waals surface area contributed by atoms with Gasteiger partial charge in [-0.2, -0.15) is 5.10 Å². The van der Waals surface area contributed by atoms with Crippen molar-refractivity contribution in [1.29, 1.82) is 0 Å². The Hall–Kier alpha value is -2.13. The van der Waals surface area contributed by atoms with Gasteiger partial charge in [0.15, 0.2) is 0 Å². The smallest absolute Gasteiger partial charge is 0.0766 e.